The van der Waals surface area contributed by atoms with Crippen molar-refractivity contribution in [3.63, 3.8) is 0 Å². The van der Waals surface area contributed by atoms with E-state index in [1.54, 1.807) is 6.07 Å². The van der Waals surface area contributed by atoms with Gasteiger partial charge in [-0.1, -0.05) is 11.6 Å². The summed E-state index contributed by atoms with van der Waals surface area (Å²) in [5, 5.41) is 0.374. The van der Waals surface area contributed by atoms with Gasteiger partial charge < -0.3 is 10.5 Å². The van der Waals surface area contributed by atoms with Crippen molar-refractivity contribution in [3.05, 3.63) is 23.2 Å². The number of nitrogens with two attached hydrogens (primary N) is 1. The highest BCUT2D eigenvalue weighted by atomic mass is 35.5. The van der Waals surface area contributed by atoms with E-state index >= 15 is 0 Å². The molecule has 5 nitrogen and oxygen atoms in total. The van der Waals surface area contributed by atoms with Crippen molar-refractivity contribution in [2.24, 2.45) is 0 Å². The van der Waals surface area contributed by atoms with Crippen LogP contribution in [0, 0.1) is 0 Å². The lowest BCUT2D eigenvalue weighted by molar-refractivity contribution is 0.0408. The van der Waals surface area contributed by atoms with Crippen LogP contribution in [0.5, 0.6) is 0 Å². The molecule has 0 bridgehead atoms. The molecule has 0 unspecified atom stereocenters. The van der Waals surface area contributed by atoms with Crippen LogP contribution in [-0.2, 0) is 14.6 Å². The normalized spacial score (nSPS) is 17.5. The van der Waals surface area contributed by atoms with E-state index in [2.05, 4.69) is 4.90 Å². The molecule has 7 heteroatoms. The summed E-state index contributed by atoms with van der Waals surface area (Å²) < 4.78 is 29.7. The first-order valence-corrected chi connectivity index (χ1v) is 8.10. The standard InChI is InChI=1S/C12H17ClN2O3S/c13-10-1-2-11(14)12(9-10)19(16,17)8-5-15-3-6-18-7-4-15/h1-2,9H,3-8,14H2. The second kappa shape index (κ2) is 6.09. The quantitative estimate of drug-likeness (QED) is 0.841. The van der Waals surface area contributed by atoms with Crippen LogP contribution in [0.2, 0.25) is 5.02 Å². The third-order valence-corrected chi connectivity index (χ3v) is 5.07. The molecular formula is C12H17ClN2O3S. The maximum absolute atomic E-state index is 12.3. The number of sulfone groups is 1. The number of nitrogens with zero attached hydrogens (tertiary/aromatic N) is 1. The van der Waals surface area contributed by atoms with E-state index in [9.17, 15) is 8.42 Å². The topological polar surface area (TPSA) is 72.6 Å². The minimum atomic E-state index is -3.40. The van der Waals surface area contributed by atoms with Gasteiger partial charge in [0, 0.05) is 24.7 Å². The maximum Gasteiger partial charge on any atom is 0.181 e. The van der Waals surface area contributed by atoms with Gasteiger partial charge in [0.25, 0.3) is 0 Å². The van der Waals surface area contributed by atoms with Crippen molar-refractivity contribution in [1.29, 1.82) is 0 Å². The van der Waals surface area contributed by atoms with Crippen LogP contribution in [0.25, 0.3) is 0 Å². The lowest BCUT2D eigenvalue weighted by Gasteiger charge is -2.26. The third kappa shape index (κ3) is 3.82. The van der Waals surface area contributed by atoms with Gasteiger partial charge in [-0.15, -0.1) is 0 Å². The Hall–Kier alpha value is -0.820. The summed E-state index contributed by atoms with van der Waals surface area (Å²) in [5.41, 5.74) is 5.95. The molecule has 1 aliphatic heterocycles. The molecule has 0 atom stereocenters. The van der Waals surface area contributed by atoms with Gasteiger partial charge in [-0.3, -0.25) is 4.90 Å². The van der Waals surface area contributed by atoms with Crippen molar-refractivity contribution >= 4 is 27.1 Å². The van der Waals surface area contributed by atoms with Gasteiger partial charge in [0.2, 0.25) is 0 Å². The smallest absolute Gasteiger partial charge is 0.181 e. The summed E-state index contributed by atoms with van der Waals surface area (Å²) in [6.07, 6.45) is 0. The average Bonchev–Trinajstić information content (AvgIpc) is 2.40. The van der Waals surface area contributed by atoms with Crippen molar-refractivity contribution in [2.75, 3.05) is 44.3 Å². The molecule has 0 aliphatic carbocycles. The van der Waals surface area contributed by atoms with Gasteiger partial charge in [-0.05, 0) is 18.2 Å². The number of hydrogen-bond donors (Lipinski definition) is 1. The zero-order chi connectivity index (χ0) is 13.9. The SMILES string of the molecule is Nc1ccc(Cl)cc1S(=O)(=O)CCN1CCOCC1. The van der Waals surface area contributed by atoms with Gasteiger partial charge in [0.15, 0.2) is 9.84 Å². The first-order chi connectivity index (χ1) is 8.99. The Morgan fingerprint density at radius 3 is 2.68 bits per heavy atom. The molecule has 1 heterocycles. The largest absolute Gasteiger partial charge is 0.398 e. The molecule has 0 aromatic heterocycles. The zero-order valence-corrected chi connectivity index (χ0v) is 12.1. The Bertz CT molecular complexity index is 542. The molecule has 0 spiro atoms. The number of rotatable bonds is 4. The summed E-state index contributed by atoms with van der Waals surface area (Å²) in [7, 11) is -3.40. The van der Waals surface area contributed by atoms with Gasteiger partial charge in [0.1, 0.15) is 0 Å². The lowest BCUT2D eigenvalue weighted by atomic mass is 10.3. The molecule has 0 radical (unpaired) electrons. The Labute approximate surface area is 118 Å². The van der Waals surface area contributed by atoms with Crippen LogP contribution in [0.15, 0.2) is 23.1 Å². The van der Waals surface area contributed by atoms with Gasteiger partial charge in [-0.2, -0.15) is 0 Å². The minimum Gasteiger partial charge on any atom is -0.398 e. The van der Waals surface area contributed by atoms with E-state index in [1.165, 1.54) is 12.1 Å². The molecule has 0 amide bonds. The molecule has 1 aromatic carbocycles. The second-order valence-electron chi connectivity index (χ2n) is 4.46. The molecule has 2 N–H and O–H groups in total. The number of morpholine rings is 1. The van der Waals surface area contributed by atoms with E-state index in [0.717, 1.165) is 13.1 Å². The van der Waals surface area contributed by atoms with Crippen LogP contribution in [-0.4, -0.2) is 51.9 Å². The van der Waals surface area contributed by atoms with E-state index in [1.807, 2.05) is 0 Å². The fourth-order valence-corrected chi connectivity index (χ4v) is 3.65. The van der Waals surface area contributed by atoms with Gasteiger partial charge in [-0.25, -0.2) is 8.42 Å². The number of hydrogen-bond acceptors (Lipinski definition) is 5. The van der Waals surface area contributed by atoms with E-state index in [-0.39, 0.29) is 16.3 Å². The number of nitrogen functional groups attached to an aromatic ring is 1. The predicted octanol–water partition coefficient (Wildman–Crippen LogP) is 1.03. The van der Waals surface area contributed by atoms with Crippen molar-refractivity contribution in [2.45, 2.75) is 4.90 Å². The van der Waals surface area contributed by atoms with Crippen LogP contribution < -0.4 is 5.73 Å². The molecular weight excluding hydrogens is 288 g/mol. The summed E-state index contributed by atoms with van der Waals surface area (Å²) in [6.45, 7) is 3.32. The van der Waals surface area contributed by atoms with Gasteiger partial charge >= 0.3 is 0 Å². The number of benzene rings is 1. The van der Waals surface area contributed by atoms with Crippen LogP contribution in [0.1, 0.15) is 0 Å². The number of anilines is 1. The van der Waals surface area contributed by atoms with Crippen LogP contribution >= 0.6 is 11.6 Å². The van der Waals surface area contributed by atoms with Crippen molar-refractivity contribution < 1.29 is 13.2 Å². The van der Waals surface area contributed by atoms with E-state index in [4.69, 9.17) is 22.1 Å². The molecule has 0 saturated carbocycles. The summed E-state index contributed by atoms with van der Waals surface area (Å²) in [4.78, 5) is 2.19. The predicted molar refractivity (Wildman–Crippen MR) is 75.2 cm³/mol. The zero-order valence-electron chi connectivity index (χ0n) is 10.5. The molecule has 106 valence electrons. The maximum atomic E-state index is 12.3. The first kappa shape index (κ1) is 14.6. The number of ether oxygens (including phenoxy) is 1. The van der Waals surface area contributed by atoms with Crippen LogP contribution in [0.3, 0.4) is 0 Å². The third-order valence-electron chi connectivity index (χ3n) is 3.09. The average molecular weight is 305 g/mol. The monoisotopic (exact) mass is 304 g/mol. The first-order valence-electron chi connectivity index (χ1n) is 6.07. The highest BCUT2D eigenvalue weighted by Crippen LogP contribution is 2.23. The molecule has 1 aromatic rings. The summed E-state index contributed by atoms with van der Waals surface area (Å²) >= 11 is 5.82. The fourth-order valence-electron chi connectivity index (χ4n) is 1.96. The fraction of sp³-hybridized carbons (Fsp3) is 0.500. The Balaban J connectivity index is 2.07. The summed E-state index contributed by atoms with van der Waals surface area (Å²) in [6, 6.07) is 4.51. The Morgan fingerprint density at radius 1 is 1.32 bits per heavy atom. The molecule has 1 aliphatic rings. The molecule has 1 saturated heterocycles. The van der Waals surface area contributed by atoms with Crippen LogP contribution in [0.4, 0.5) is 5.69 Å². The van der Waals surface area contributed by atoms with E-state index < -0.39 is 9.84 Å². The molecule has 19 heavy (non-hydrogen) atoms. The summed E-state index contributed by atoms with van der Waals surface area (Å²) in [5.74, 6) is 0.0392. The highest BCUT2D eigenvalue weighted by molar-refractivity contribution is 7.91. The second-order valence-corrected chi connectivity index (χ2v) is 6.97. The van der Waals surface area contributed by atoms with Crippen molar-refractivity contribution in [1.82, 2.24) is 4.90 Å². The Morgan fingerprint density at radius 2 is 2.00 bits per heavy atom. The highest BCUT2D eigenvalue weighted by Gasteiger charge is 2.20. The lowest BCUT2D eigenvalue weighted by Crippen LogP contribution is -2.39. The Kier molecular flexibility index (Phi) is 4.67. The molecule has 2 rings (SSSR count). The van der Waals surface area contributed by atoms with Gasteiger partial charge in [0.05, 0.1) is 29.5 Å². The van der Waals surface area contributed by atoms with E-state index in [0.29, 0.717) is 24.8 Å². The molecule has 1 fully saturated rings. The minimum absolute atomic E-state index is 0.0392. The number of halogens is 1. The van der Waals surface area contributed by atoms with Crippen molar-refractivity contribution in [3.8, 4) is 0 Å².